The van der Waals surface area contributed by atoms with Crippen molar-refractivity contribution >= 4 is 38.2 Å². The minimum absolute atomic E-state index is 0.185. The Kier molecular flexibility index (Phi) is 7.18. The second kappa shape index (κ2) is 9.92. The van der Waals surface area contributed by atoms with E-state index in [2.05, 4.69) is 17.1 Å². The molecule has 1 saturated heterocycles. The highest BCUT2D eigenvalue weighted by molar-refractivity contribution is 7.89. The maximum Gasteiger partial charge on any atom is 0.256 e. The van der Waals surface area contributed by atoms with Gasteiger partial charge in [0.25, 0.3) is 11.8 Å². The first-order valence-corrected chi connectivity index (χ1v) is 13.6. The molecule has 2 aliphatic rings. The van der Waals surface area contributed by atoms with Crippen molar-refractivity contribution in [3.8, 4) is 0 Å². The van der Waals surface area contributed by atoms with E-state index in [-0.39, 0.29) is 4.90 Å². The fourth-order valence-corrected chi connectivity index (χ4v) is 7.27. The fraction of sp³-hybridized carbons (Fsp3) is 0.478. The van der Waals surface area contributed by atoms with Crippen molar-refractivity contribution in [2.75, 3.05) is 31.5 Å². The molecule has 3 N–H and O–H groups in total. The van der Waals surface area contributed by atoms with Gasteiger partial charge in [-0.2, -0.15) is 4.31 Å². The number of likely N-dealkylation sites (N-methyl/N-ethyl adjacent to an activating group) is 1. The quantitative estimate of drug-likeness (QED) is 0.646. The third-order valence-electron chi connectivity index (χ3n) is 6.38. The number of nitrogens with one attached hydrogen (secondary N) is 1. The van der Waals surface area contributed by atoms with Crippen LogP contribution in [-0.4, -0.2) is 55.6 Å². The first-order chi connectivity index (χ1) is 15.8. The monoisotopic (exact) mass is 490 g/mol. The third-order valence-corrected chi connectivity index (χ3v) is 9.42. The average Bonchev–Trinajstić information content (AvgIpc) is 2.96. The number of carbonyl (C=O) groups excluding carboxylic acids is 2. The van der Waals surface area contributed by atoms with Crippen molar-refractivity contribution in [3.63, 3.8) is 0 Å². The highest BCUT2D eigenvalue weighted by Crippen LogP contribution is 2.37. The van der Waals surface area contributed by atoms with Crippen LogP contribution in [0, 0.1) is 0 Å². The molecular formula is C23H30N4O4S2. The van der Waals surface area contributed by atoms with Crippen LogP contribution in [0.5, 0.6) is 0 Å². The molecule has 1 aromatic heterocycles. The minimum Gasteiger partial charge on any atom is -0.365 e. The van der Waals surface area contributed by atoms with Crippen LogP contribution in [0.1, 0.15) is 63.8 Å². The fourth-order valence-electron chi connectivity index (χ4n) is 4.46. The molecule has 4 rings (SSSR count). The van der Waals surface area contributed by atoms with Crippen LogP contribution >= 0.6 is 11.3 Å². The van der Waals surface area contributed by atoms with Crippen molar-refractivity contribution in [2.24, 2.45) is 5.73 Å². The van der Waals surface area contributed by atoms with Crippen molar-refractivity contribution in [1.82, 2.24) is 9.21 Å². The van der Waals surface area contributed by atoms with Crippen molar-refractivity contribution in [1.29, 1.82) is 0 Å². The van der Waals surface area contributed by atoms with Crippen LogP contribution in [0.4, 0.5) is 5.00 Å². The SMILES string of the molecule is CCN1CCc2c(sc(NC(=O)c3ccc(S(=O)(=O)N4CCCCCC4)cc3)c2C(N)=O)C1. The molecule has 2 aliphatic heterocycles. The van der Waals surface area contributed by atoms with Crippen LogP contribution in [0.2, 0.25) is 0 Å². The van der Waals surface area contributed by atoms with Crippen molar-refractivity contribution < 1.29 is 18.0 Å². The summed E-state index contributed by atoms with van der Waals surface area (Å²) in [5.74, 6) is -0.950. The summed E-state index contributed by atoms with van der Waals surface area (Å²) in [4.78, 5) is 28.6. The molecule has 0 spiro atoms. The normalized spacial score (nSPS) is 17.8. The van der Waals surface area contributed by atoms with Crippen LogP contribution in [0.15, 0.2) is 29.2 Å². The zero-order valence-electron chi connectivity index (χ0n) is 18.8. The van der Waals surface area contributed by atoms with Crippen LogP contribution in [0.3, 0.4) is 0 Å². The molecule has 8 nitrogen and oxygen atoms in total. The molecule has 0 radical (unpaired) electrons. The van der Waals surface area contributed by atoms with Gasteiger partial charge in [-0.05, 0) is 55.6 Å². The van der Waals surface area contributed by atoms with Gasteiger partial charge in [-0.1, -0.05) is 19.8 Å². The Morgan fingerprint density at radius 2 is 1.73 bits per heavy atom. The first kappa shape index (κ1) is 23.9. The van der Waals surface area contributed by atoms with Crippen LogP contribution < -0.4 is 11.1 Å². The Morgan fingerprint density at radius 1 is 1.06 bits per heavy atom. The highest BCUT2D eigenvalue weighted by Gasteiger charge is 2.28. The Hall–Kier alpha value is -2.27. The van der Waals surface area contributed by atoms with Crippen LogP contribution in [0.25, 0.3) is 0 Å². The van der Waals surface area contributed by atoms with Gasteiger partial charge in [-0.25, -0.2) is 8.42 Å². The average molecular weight is 491 g/mol. The zero-order valence-corrected chi connectivity index (χ0v) is 20.4. The number of thiophene rings is 1. The number of fused-ring (bicyclic) bond motifs is 1. The number of nitrogens with two attached hydrogens (primary N) is 1. The molecule has 2 aromatic rings. The number of carbonyl (C=O) groups is 2. The van der Waals surface area contributed by atoms with Gasteiger partial charge in [0.2, 0.25) is 10.0 Å². The van der Waals surface area contributed by atoms with Crippen molar-refractivity contribution in [3.05, 3.63) is 45.8 Å². The van der Waals surface area contributed by atoms with Gasteiger partial charge >= 0.3 is 0 Å². The molecule has 0 bridgehead atoms. The standard InChI is InChI=1S/C23H30N4O4S2/c1-2-26-14-11-18-19(15-26)32-23(20(18)21(24)28)25-22(29)16-7-9-17(10-8-16)33(30,31)27-12-5-3-4-6-13-27/h7-10H,2-6,11-15H2,1H3,(H2,24,28)(H,25,29). The maximum atomic E-state index is 13.0. The lowest BCUT2D eigenvalue weighted by atomic mass is 10.0. The topological polar surface area (TPSA) is 113 Å². The number of nitrogens with zero attached hydrogens (tertiary/aromatic N) is 2. The molecule has 1 fully saturated rings. The molecule has 0 aliphatic carbocycles. The van der Waals surface area contributed by atoms with E-state index < -0.39 is 21.8 Å². The number of amides is 2. The number of primary amides is 1. The number of hydrogen-bond donors (Lipinski definition) is 2. The lowest BCUT2D eigenvalue weighted by Gasteiger charge is -2.25. The molecule has 10 heteroatoms. The summed E-state index contributed by atoms with van der Waals surface area (Å²) < 4.78 is 27.5. The molecular weight excluding hydrogens is 460 g/mol. The summed E-state index contributed by atoms with van der Waals surface area (Å²) in [5.41, 5.74) is 7.28. The lowest BCUT2D eigenvalue weighted by Crippen LogP contribution is -2.31. The molecule has 1 aromatic carbocycles. The molecule has 0 unspecified atom stereocenters. The van der Waals surface area contributed by atoms with Gasteiger partial charge in [0.05, 0.1) is 10.5 Å². The molecule has 2 amide bonds. The predicted octanol–water partition coefficient (Wildman–Crippen LogP) is 3.04. The third kappa shape index (κ3) is 4.98. The number of benzene rings is 1. The number of sulfonamides is 1. The second-order valence-electron chi connectivity index (χ2n) is 8.49. The largest absolute Gasteiger partial charge is 0.365 e. The summed E-state index contributed by atoms with van der Waals surface area (Å²) in [5, 5.41) is 3.28. The van der Waals surface area contributed by atoms with Gasteiger partial charge in [0.1, 0.15) is 5.00 Å². The van der Waals surface area contributed by atoms with Crippen LogP contribution in [-0.2, 0) is 23.0 Å². The second-order valence-corrected chi connectivity index (χ2v) is 11.5. The maximum absolute atomic E-state index is 13.0. The van der Waals surface area contributed by atoms with E-state index in [1.54, 1.807) is 0 Å². The molecule has 3 heterocycles. The summed E-state index contributed by atoms with van der Waals surface area (Å²) in [7, 11) is -3.58. The van der Waals surface area contributed by atoms with E-state index in [1.165, 1.54) is 39.9 Å². The summed E-state index contributed by atoms with van der Waals surface area (Å²) >= 11 is 1.38. The minimum atomic E-state index is -3.58. The van der Waals surface area contributed by atoms with Gasteiger partial charge in [0, 0.05) is 36.6 Å². The van der Waals surface area contributed by atoms with Gasteiger partial charge < -0.3 is 11.1 Å². The highest BCUT2D eigenvalue weighted by atomic mass is 32.2. The van der Waals surface area contributed by atoms with Gasteiger partial charge in [-0.15, -0.1) is 11.3 Å². The zero-order chi connectivity index (χ0) is 23.6. The van der Waals surface area contributed by atoms with E-state index in [1.807, 2.05) is 0 Å². The molecule has 0 atom stereocenters. The predicted molar refractivity (Wildman–Crippen MR) is 129 cm³/mol. The summed E-state index contributed by atoms with van der Waals surface area (Å²) in [6.45, 7) is 5.64. The Bertz CT molecular complexity index is 1130. The van der Waals surface area contributed by atoms with E-state index in [4.69, 9.17) is 5.73 Å². The molecule has 178 valence electrons. The van der Waals surface area contributed by atoms with Crippen molar-refractivity contribution in [2.45, 2.75) is 50.5 Å². The molecule has 0 saturated carbocycles. The Balaban J connectivity index is 1.53. The van der Waals surface area contributed by atoms with E-state index in [9.17, 15) is 18.0 Å². The first-order valence-electron chi connectivity index (χ1n) is 11.4. The van der Waals surface area contributed by atoms with E-state index >= 15 is 0 Å². The number of anilines is 1. The molecule has 33 heavy (non-hydrogen) atoms. The van der Waals surface area contributed by atoms with E-state index in [0.717, 1.165) is 62.2 Å². The number of hydrogen-bond acceptors (Lipinski definition) is 6. The summed E-state index contributed by atoms with van der Waals surface area (Å²) in [6, 6.07) is 5.97. The van der Waals surface area contributed by atoms with Gasteiger partial charge in [0.15, 0.2) is 0 Å². The smallest absolute Gasteiger partial charge is 0.256 e. The Labute approximate surface area is 198 Å². The van der Waals surface area contributed by atoms with E-state index in [0.29, 0.717) is 29.2 Å². The van der Waals surface area contributed by atoms with Gasteiger partial charge in [-0.3, -0.25) is 14.5 Å². The Morgan fingerprint density at radius 3 is 2.33 bits per heavy atom. The summed E-state index contributed by atoms with van der Waals surface area (Å²) in [6.07, 6.45) is 4.53. The lowest BCUT2D eigenvalue weighted by molar-refractivity contribution is 0.1000. The number of rotatable bonds is 6.